The van der Waals surface area contributed by atoms with Crippen molar-refractivity contribution < 1.29 is 18.4 Å². The van der Waals surface area contributed by atoms with Gasteiger partial charge in [-0.2, -0.15) is 9.37 Å². The molecule has 0 bridgehead atoms. The highest BCUT2D eigenvalue weighted by Gasteiger charge is 2.45. The highest BCUT2D eigenvalue weighted by Crippen LogP contribution is 2.27. The summed E-state index contributed by atoms with van der Waals surface area (Å²) in [6, 6.07) is 11.5. The van der Waals surface area contributed by atoms with Gasteiger partial charge in [0.15, 0.2) is 17.0 Å². The number of benzene rings is 2. The number of nitrogens with zero attached hydrogens (tertiary/aromatic N) is 3. The number of imide groups is 1. The summed E-state index contributed by atoms with van der Waals surface area (Å²) in [5, 5.41) is 0.603. The molecule has 3 aromatic rings. The molecule has 30 heavy (non-hydrogen) atoms. The molecule has 7 heteroatoms. The summed E-state index contributed by atoms with van der Waals surface area (Å²) in [4.78, 5) is 30.0. The van der Waals surface area contributed by atoms with E-state index in [4.69, 9.17) is 0 Å². The standard InChI is InChI=1S/C23H14F2N3O2/c1-14-10-11-26-19-20(14)27(2)23(30)28(22(19)29)21-17(24)12-16(13-18(21)25)9-8-15-6-4-3-5-7-15/h3-7,10-13H,1H2,2H3/q+1. The predicted octanol–water partition coefficient (Wildman–Crippen LogP) is 2.07. The fraction of sp³-hybridized carbons (Fsp3) is 0.0435. The Hall–Kier alpha value is -4.18. The first-order valence-corrected chi connectivity index (χ1v) is 8.87. The fourth-order valence-corrected chi connectivity index (χ4v) is 3.18. The van der Waals surface area contributed by atoms with Gasteiger partial charge in [0.25, 0.3) is 0 Å². The van der Waals surface area contributed by atoms with Crippen LogP contribution in [0.4, 0.5) is 19.3 Å². The van der Waals surface area contributed by atoms with Crippen molar-refractivity contribution in [3.63, 3.8) is 0 Å². The number of hydrogen-bond donors (Lipinski definition) is 0. The van der Waals surface area contributed by atoms with Crippen molar-refractivity contribution >= 4 is 24.2 Å². The number of carbonyl (C=O) groups excluding carboxylic acids is 2. The third-order valence-corrected chi connectivity index (χ3v) is 4.59. The van der Waals surface area contributed by atoms with Crippen molar-refractivity contribution in [3.05, 3.63) is 93.8 Å². The molecule has 2 aromatic carbocycles. The van der Waals surface area contributed by atoms with E-state index in [1.165, 1.54) is 19.3 Å². The largest absolute Gasteiger partial charge is 0.506 e. The van der Waals surface area contributed by atoms with Gasteiger partial charge in [-0.1, -0.05) is 36.6 Å². The normalized spacial score (nSPS) is 13.0. The maximum absolute atomic E-state index is 14.8. The lowest BCUT2D eigenvalue weighted by Gasteiger charge is -2.18. The van der Waals surface area contributed by atoms with Crippen molar-refractivity contribution in [2.24, 2.45) is 0 Å². The number of anilines is 1. The van der Waals surface area contributed by atoms with E-state index in [0.29, 0.717) is 15.7 Å². The molecule has 0 unspecified atom stereocenters. The molecule has 0 saturated carbocycles. The number of urea groups is 1. The molecular weight excluding hydrogens is 388 g/mol. The lowest BCUT2D eigenvalue weighted by atomic mass is 10.1. The number of aromatic nitrogens is 1. The van der Waals surface area contributed by atoms with Crippen LogP contribution < -0.4 is 20.1 Å². The molecule has 1 aliphatic heterocycles. The Morgan fingerprint density at radius 2 is 1.63 bits per heavy atom. The van der Waals surface area contributed by atoms with Crippen LogP contribution in [0.3, 0.4) is 0 Å². The molecule has 0 spiro atoms. The number of pyridine rings is 1. The molecule has 0 radical (unpaired) electrons. The van der Waals surface area contributed by atoms with E-state index < -0.39 is 29.3 Å². The van der Waals surface area contributed by atoms with Gasteiger partial charge in [0.2, 0.25) is 11.4 Å². The Kier molecular flexibility index (Phi) is 4.68. The zero-order valence-corrected chi connectivity index (χ0v) is 15.8. The maximum atomic E-state index is 14.8. The number of amides is 3. The highest BCUT2D eigenvalue weighted by molar-refractivity contribution is 6.21. The SMILES string of the molecule is C=c1ccnc2c1=[N+](C)C(=O)N(c1c(F)cc(C#Cc3ccccc3)cc1F)C2=O. The molecule has 1 aromatic heterocycles. The monoisotopic (exact) mass is 402 g/mol. The van der Waals surface area contributed by atoms with E-state index in [1.807, 2.05) is 6.07 Å². The number of carbonyl (C=O) groups is 2. The summed E-state index contributed by atoms with van der Waals surface area (Å²) in [5.41, 5.74) is -0.140. The van der Waals surface area contributed by atoms with Gasteiger partial charge in [0.1, 0.15) is 0 Å². The Morgan fingerprint density at radius 3 is 2.30 bits per heavy atom. The Bertz CT molecular complexity index is 1370. The summed E-state index contributed by atoms with van der Waals surface area (Å²) in [6.07, 6.45) is 1.34. The topological polar surface area (TPSA) is 53.3 Å². The van der Waals surface area contributed by atoms with Gasteiger partial charge in [0, 0.05) is 22.5 Å². The van der Waals surface area contributed by atoms with Crippen LogP contribution in [-0.4, -0.2) is 24.0 Å². The molecular formula is C23H14F2N3O2+. The molecule has 3 amide bonds. The van der Waals surface area contributed by atoms with Gasteiger partial charge in [-0.15, -0.1) is 4.90 Å². The van der Waals surface area contributed by atoms with Crippen molar-refractivity contribution in [2.75, 3.05) is 11.9 Å². The Balaban J connectivity index is 1.80. The van der Waals surface area contributed by atoms with Crippen molar-refractivity contribution in [1.82, 2.24) is 9.56 Å². The first kappa shape index (κ1) is 19.2. The second-order valence-corrected chi connectivity index (χ2v) is 6.55. The lowest BCUT2D eigenvalue weighted by Crippen LogP contribution is -2.58. The highest BCUT2D eigenvalue weighted by atomic mass is 19.1. The summed E-state index contributed by atoms with van der Waals surface area (Å²) in [7, 11) is 1.38. The van der Waals surface area contributed by atoms with Crippen LogP contribution >= 0.6 is 0 Å². The van der Waals surface area contributed by atoms with Gasteiger partial charge >= 0.3 is 11.9 Å². The molecule has 146 valence electrons. The van der Waals surface area contributed by atoms with Crippen LogP contribution in [0.2, 0.25) is 0 Å². The molecule has 1 aliphatic rings. The Morgan fingerprint density at radius 1 is 1.00 bits per heavy atom. The zero-order valence-electron chi connectivity index (χ0n) is 15.8. The summed E-state index contributed by atoms with van der Waals surface area (Å²) < 4.78 is 30.8. The second kappa shape index (κ2) is 7.33. The van der Waals surface area contributed by atoms with Crippen LogP contribution in [0.5, 0.6) is 0 Å². The number of hydrogen-bond acceptors (Lipinski definition) is 3. The first-order valence-electron chi connectivity index (χ1n) is 8.87. The van der Waals surface area contributed by atoms with Gasteiger partial charge in [-0.05, 0) is 30.3 Å². The van der Waals surface area contributed by atoms with Crippen molar-refractivity contribution in [3.8, 4) is 11.8 Å². The summed E-state index contributed by atoms with van der Waals surface area (Å²) >= 11 is 0. The molecule has 2 heterocycles. The van der Waals surface area contributed by atoms with E-state index in [-0.39, 0.29) is 16.6 Å². The molecule has 0 atom stereocenters. The van der Waals surface area contributed by atoms with E-state index in [2.05, 4.69) is 23.4 Å². The third-order valence-electron chi connectivity index (χ3n) is 4.59. The second-order valence-electron chi connectivity index (χ2n) is 6.55. The van der Waals surface area contributed by atoms with E-state index in [1.54, 1.807) is 24.3 Å². The predicted molar refractivity (Wildman–Crippen MR) is 107 cm³/mol. The van der Waals surface area contributed by atoms with Crippen molar-refractivity contribution in [2.45, 2.75) is 0 Å². The average Bonchev–Trinajstić information content (AvgIpc) is 2.73. The average molecular weight is 402 g/mol. The van der Waals surface area contributed by atoms with Crippen LogP contribution in [0, 0.1) is 23.5 Å². The first-order chi connectivity index (χ1) is 14.4. The van der Waals surface area contributed by atoms with Gasteiger partial charge < -0.3 is 0 Å². The fourth-order valence-electron chi connectivity index (χ4n) is 3.18. The maximum Gasteiger partial charge on any atom is 0.506 e. The molecule has 0 aliphatic carbocycles. The molecule has 0 fully saturated rings. The third kappa shape index (κ3) is 3.14. The van der Waals surface area contributed by atoms with E-state index in [9.17, 15) is 18.4 Å². The Labute approximate surface area is 170 Å². The van der Waals surface area contributed by atoms with E-state index >= 15 is 0 Å². The lowest BCUT2D eigenvalue weighted by molar-refractivity contribution is 0.0979. The van der Waals surface area contributed by atoms with E-state index in [0.717, 1.165) is 16.7 Å². The number of halogens is 2. The quantitative estimate of drug-likeness (QED) is 0.463. The molecule has 5 nitrogen and oxygen atoms in total. The van der Waals surface area contributed by atoms with Gasteiger partial charge in [0.05, 0.1) is 7.05 Å². The molecule has 4 rings (SSSR count). The zero-order chi connectivity index (χ0) is 21.4. The minimum Gasteiger partial charge on any atom is -0.245 e. The minimum atomic E-state index is -1.09. The summed E-state index contributed by atoms with van der Waals surface area (Å²) in [6.45, 7) is 3.78. The minimum absolute atomic E-state index is 0.0708. The van der Waals surface area contributed by atoms with Crippen LogP contribution in [0.1, 0.15) is 21.6 Å². The smallest absolute Gasteiger partial charge is 0.245 e. The molecule has 0 N–H and O–H groups in total. The summed E-state index contributed by atoms with van der Waals surface area (Å²) in [5.74, 6) is 2.38. The van der Waals surface area contributed by atoms with Crippen LogP contribution in [0.15, 0.2) is 54.7 Å². The van der Waals surface area contributed by atoms with Gasteiger partial charge in [-0.25, -0.2) is 18.6 Å². The van der Waals surface area contributed by atoms with Crippen LogP contribution in [-0.2, 0) is 0 Å². The number of fused-ring (bicyclic) bond motifs is 1. The molecule has 0 saturated heterocycles. The van der Waals surface area contributed by atoms with Crippen LogP contribution in [0.25, 0.3) is 6.58 Å². The van der Waals surface area contributed by atoms with Gasteiger partial charge in [-0.3, -0.25) is 0 Å². The van der Waals surface area contributed by atoms with Crippen molar-refractivity contribution in [1.29, 1.82) is 0 Å². The number of rotatable bonds is 1.